The van der Waals surface area contributed by atoms with E-state index in [9.17, 15) is 4.39 Å². The average Bonchev–Trinajstić information content (AvgIpc) is 2.47. The molecule has 0 saturated carbocycles. The van der Waals surface area contributed by atoms with Gasteiger partial charge in [0.25, 0.3) is 0 Å². The molecule has 5 heteroatoms. The van der Waals surface area contributed by atoms with Crippen LogP contribution >= 0.6 is 15.9 Å². The van der Waals surface area contributed by atoms with E-state index < -0.39 is 0 Å². The number of anilines is 1. The molecule has 3 nitrogen and oxygen atoms in total. The fourth-order valence-electron chi connectivity index (χ4n) is 2.01. The average molecular weight is 332 g/mol. The van der Waals surface area contributed by atoms with Gasteiger partial charge in [-0.25, -0.2) is 14.4 Å². The van der Waals surface area contributed by atoms with E-state index in [1.54, 1.807) is 12.1 Å². The van der Waals surface area contributed by atoms with Gasteiger partial charge < -0.3 is 5.32 Å². The SMILES string of the molecule is Fc1cccc2c(NCc3ccccc3Br)ncnc12. The number of para-hydroxylation sites is 1. The highest BCUT2D eigenvalue weighted by atomic mass is 79.9. The van der Waals surface area contributed by atoms with E-state index in [4.69, 9.17) is 0 Å². The molecule has 0 unspecified atom stereocenters. The fourth-order valence-corrected chi connectivity index (χ4v) is 2.44. The molecule has 0 amide bonds. The number of nitrogens with zero attached hydrogens (tertiary/aromatic N) is 2. The highest BCUT2D eigenvalue weighted by Gasteiger charge is 2.07. The molecule has 20 heavy (non-hydrogen) atoms. The molecule has 0 saturated heterocycles. The first-order chi connectivity index (χ1) is 9.75. The van der Waals surface area contributed by atoms with Crippen molar-refractivity contribution in [3.8, 4) is 0 Å². The van der Waals surface area contributed by atoms with Crippen LogP contribution in [-0.2, 0) is 6.54 Å². The summed E-state index contributed by atoms with van der Waals surface area (Å²) in [4.78, 5) is 8.17. The summed E-state index contributed by atoms with van der Waals surface area (Å²) in [7, 11) is 0. The first-order valence-electron chi connectivity index (χ1n) is 6.12. The Labute approximate surface area is 124 Å². The van der Waals surface area contributed by atoms with Gasteiger partial charge in [-0.1, -0.05) is 40.2 Å². The van der Waals surface area contributed by atoms with Crippen molar-refractivity contribution in [3.05, 3.63) is 64.6 Å². The van der Waals surface area contributed by atoms with Gasteiger partial charge in [0.15, 0.2) is 0 Å². The van der Waals surface area contributed by atoms with Gasteiger partial charge in [0.2, 0.25) is 0 Å². The Morgan fingerprint density at radius 1 is 1.05 bits per heavy atom. The van der Waals surface area contributed by atoms with Crippen molar-refractivity contribution in [2.24, 2.45) is 0 Å². The highest BCUT2D eigenvalue weighted by Crippen LogP contribution is 2.23. The number of fused-ring (bicyclic) bond motifs is 1. The lowest BCUT2D eigenvalue weighted by Crippen LogP contribution is -2.03. The molecule has 100 valence electrons. The number of hydrogen-bond donors (Lipinski definition) is 1. The van der Waals surface area contributed by atoms with Crippen molar-refractivity contribution in [3.63, 3.8) is 0 Å². The van der Waals surface area contributed by atoms with Gasteiger partial charge in [-0.05, 0) is 23.8 Å². The Morgan fingerprint density at radius 2 is 1.90 bits per heavy atom. The molecule has 3 rings (SSSR count). The van der Waals surface area contributed by atoms with Crippen LogP contribution in [0.3, 0.4) is 0 Å². The summed E-state index contributed by atoms with van der Waals surface area (Å²) >= 11 is 3.50. The highest BCUT2D eigenvalue weighted by molar-refractivity contribution is 9.10. The first kappa shape index (κ1) is 13.0. The van der Waals surface area contributed by atoms with E-state index in [-0.39, 0.29) is 5.82 Å². The predicted molar refractivity (Wildman–Crippen MR) is 81.0 cm³/mol. The zero-order valence-corrected chi connectivity index (χ0v) is 12.1. The largest absolute Gasteiger partial charge is 0.365 e. The lowest BCUT2D eigenvalue weighted by Gasteiger charge is -2.09. The molecule has 1 heterocycles. The third-order valence-electron chi connectivity index (χ3n) is 3.02. The van der Waals surface area contributed by atoms with E-state index in [1.807, 2.05) is 24.3 Å². The number of nitrogens with one attached hydrogen (secondary N) is 1. The topological polar surface area (TPSA) is 37.8 Å². The van der Waals surface area contributed by atoms with Crippen LogP contribution in [0.5, 0.6) is 0 Å². The van der Waals surface area contributed by atoms with Crippen LogP contribution in [0.2, 0.25) is 0 Å². The summed E-state index contributed by atoms with van der Waals surface area (Å²) in [5.41, 5.74) is 1.44. The summed E-state index contributed by atoms with van der Waals surface area (Å²) in [6.07, 6.45) is 1.37. The molecule has 0 fully saturated rings. The normalized spacial score (nSPS) is 10.7. The molecule has 0 radical (unpaired) electrons. The maximum atomic E-state index is 13.7. The zero-order chi connectivity index (χ0) is 13.9. The molecule has 3 aromatic rings. The monoisotopic (exact) mass is 331 g/mol. The molecule has 0 atom stereocenters. The second-order valence-corrected chi connectivity index (χ2v) is 5.16. The molecule has 0 aliphatic heterocycles. The van der Waals surface area contributed by atoms with Crippen LogP contribution in [0, 0.1) is 5.82 Å². The van der Waals surface area contributed by atoms with Crippen molar-refractivity contribution < 1.29 is 4.39 Å². The summed E-state index contributed by atoms with van der Waals surface area (Å²) in [6.45, 7) is 0.601. The summed E-state index contributed by atoms with van der Waals surface area (Å²) in [6, 6.07) is 12.8. The van der Waals surface area contributed by atoms with Gasteiger partial charge in [-0.3, -0.25) is 0 Å². The third-order valence-corrected chi connectivity index (χ3v) is 3.79. The quantitative estimate of drug-likeness (QED) is 0.783. The van der Waals surface area contributed by atoms with Gasteiger partial charge in [-0.15, -0.1) is 0 Å². The van der Waals surface area contributed by atoms with E-state index >= 15 is 0 Å². The molecule has 1 aromatic heterocycles. The van der Waals surface area contributed by atoms with Crippen molar-refractivity contribution in [2.45, 2.75) is 6.54 Å². The second-order valence-electron chi connectivity index (χ2n) is 4.30. The van der Waals surface area contributed by atoms with E-state index in [1.165, 1.54) is 12.4 Å². The number of benzene rings is 2. The maximum absolute atomic E-state index is 13.7. The molecule has 1 N–H and O–H groups in total. The smallest absolute Gasteiger partial charge is 0.149 e. The lowest BCUT2D eigenvalue weighted by molar-refractivity contribution is 0.636. The Morgan fingerprint density at radius 3 is 2.75 bits per heavy atom. The van der Waals surface area contributed by atoms with Gasteiger partial charge in [0, 0.05) is 16.4 Å². The number of rotatable bonds is 3. The molecular weight excluding hydrogens is 321 g/mol. The van der Waals surface area contributed by atoms with Crippen LogP contribution in [0.4, 0.5) is 10.2 Å². The Kier molecular flexibility index (Phi) is 3.60. The molecule has 0 spiro atoms. The lowest BCUT2D eigenvalue weighted by atomic mass is 10.2. The van der Waals surface area contributed by atoms with Gasteiger partial charge in [0.1, 0.15) is 23.5 Å². The van der Waals surface area contributed by atoms with Gasteiger partial charge >= 0.3 is 0 Å². The Hall–Kier alpha value is -2.01. The van der Waals surface area contributed by atoms with Gasteiger partial charge in [-0.2, -0.15) is 0 Å². The maximum Gasteiger partial charge on any atom is 0.149 e. The van der Waals surface area contributed by atoms with Crippen LogP contribution in [0.15, 0.2) is 53.3 Å². The van der Waals surface area contributed by atoms with Crippen molar-refractivity contribution in [1.82, 2.24) is 9.97 Å². The molecular formula is C15H11BrFN3. The fraction of sp³-hybridized carbons (Fsp3) is 0.0667. The van der Waals surface area contributed by atoms with Crippen LogP contribution in [-0.4, -0.2) is 9.97 Å². The number of halogens is 2. The molecule has 2 aromatic carbocycles. The first-order valence-corrected chi connectivity index (χ1v) is 6.91. The predicted octanol–water partition coefficient (Wildman–Crippen LogP) is 4.14. The van der Waals surface area contributed by atoms with Crippen molar-refractivity contribution >= 4 is 32.7 Å². The number of hydrogen-bond acceptors (Lipinski definition) is 3. The Bertz CT molecular complexity index is 761. The minimum atomic E-state index is -0.339. The van der Waals surface area contributed by atoms with Crippen LogP contribution in [0.1, 0.15) is 5.56 Å². The van der Waals surface area contributed by atoms with E-state index in [0.29, 0.717) is 23.3 Å². The summed E-state index contributed by atoms with van der Waals surface area (Å²) in [5.74, 6) is 0.291. The van der Waals surface area contributed by atoms with E-state index in [2.05, 4.69) is 31.2 Å². The van der Waals surface area contributed by atoms with Crippen LogP contribution in [0.25, 0.3) is 10.9 Å². The molecule has 0 aliphatic rings. The minimum absolute atomic E-state index is 0.331. The third kappa shape index (κ3) is 2.49. The number of aromatic nitrogens is 2. The van der Waals surface area contributed by atoms with Gasteiger partial charge in [0.05, 0.1) is 0 Å². The Balaban J connectivity index is 1.92. The van der Waals surface area contributed by atoms with E-state index in [0.717, 1.165) is 10.0 Å². The summed E-state index contributed by atoms with van der Waals surface area (Å²) < 4.78 is 14.7. The minimum Gasteiger partial charge on any atom is -0.365 e. The standard InChI is InChI=1S/C15H11BrFN3/c16-12-6-2-1-4-10(12)8-18-15-11-5-3-7-13(17)14(11)19-9-20-15/h1-7,9H,8H2,(H,18,19,20). The molecule has 0 bridgehead atoms. The van der Waals surface area contributed by atoms with Crippen LogP contribution < -0.4 is 5.32 Å². The van der Waals surface area contributed by atoms with Crippen molar-refractivity contribution in [1.29, 1.82) is 0 Å². The summed E-state index contributed by atoms with van der Waals surface area (Å²) in [5, 5.41) is 3.90. The second kappa shape index (κ2) is 5.54. The van der Waals surface area contributed by atoms with Crippen molar-refractivity contribution in [2.75, 3.05) is 5.32 Å². The zero-order valence-electron chi connectivity index (χ0n) is 10.5. The molecule has 0 aliphatic carbocycles.